The molecule has 2 atom stereocenters. The summed E-state index contributed by atoms with van der Waals surface area (Å²) in [7, 11) is 1.52. The predicted molar refractivity (Wildman–Crippen MR) is 64.7 cm³/mol. The van der Waals surface area contributed by atoms with Gasteiger partial charge in [0.25, 0.3) is 0 Å². The van der Waals surface area contributed by atoms with Gasteiger partial charge in [-0.2, -0.15) is 0 Å². The first-order valence-electron chi connectivity index (χ1n) is 5.71. The second-order valence-corrected chi connectivity index (χ2v) is 5.13. The van der Waals surface area contributed by atoms with Crippen molar-refractivity contribution in [3.05, 3.63) is 0 Å². The summed E-state index contributed by atoms with van der Waals surface area (Å²) in [6, 6.07) is -0.870. The molecule has 0 aliphatic rings. The fourth-order valence-corrected chi connectivity index (χ4v) is 1.32. The molecule has 0 bridgehead atoms. The van der Waals surface area contributed by atoms with Crippen LogP contribution < -0.4 is 5.32 Å². The summed E-state index contributed by atoms with van der Waals surface area (Å²) < 4.78 is 5.13. The zero-order chi connectivity index (χ0) is 13.8. The smallest absolute Gasteiger partial charge is 0.326 e. The highest BCUT2D eigenvalue weighted by Gasteiger charge is 2.37. The van der Waals surface area contributed by atoms with E-state index in [0.29, 0.717) is 0 Å². The van der Waals surface area contributed by atoms with E-state index in [4.69, 9.17) is 9.84 Å². The number of amides is 1. The molecule has 2 unspecified atom stereocenters. The monoisotopic (exact) mass is 245 g/mol. The maximum Gasteiger partial charge on any atom is 0.326 e. The molecule has 5 nitrogen and oxygen atoms in total. The van der Waals surface area contributed by atoms with Crippen molar-refractivity contribution in [3.63, 3.8) is 0 Å². The van der Waals surface area contributed by atoms with E-state index in [2.05, 4.69) is 5.32 Å². The molecular formula is C12H23NO4. The van der Waals surface area contributed by atoms with Crippen LogP contribution >= 0.6 is 0 Å². The van der Waals surface area contributed by atoms with Gasteiger partial charge in [0, 0.05) is 7.11 Å². The van der Waals surface area contributed by atoms with Crippen molar-refractivity contribution in [3.8, 4) is 0 Å². The van der Waals surface area contributed by atoms with Crippen molar-refractivity contribution in [1.82, 2.24) is 5.32 Å². The maximum absolute atomic E-state index is 12.0. The molecule has 0 aliphatic heterocycles. The second-order valence-electron chi connectivity index (χ2n) is 5.13. The van der Waals surface area contributed by atoms with Gasteiger partial charge in [-0.15, -0.1) is 0 Å². The minimum Gasteiger partial charge on any atom is -0.480 e. The molecule has 0 heterocycles. The van der Waals surface area contributed by atoms with Gasteiger partial charge in [-0.1, -0.05) is 13.8 Å². The van der Waals surface area contributed by atoms with Crippen LogP contribution in [0.5, 0.6) is 0 Å². The summed E-state index contributed by atoms with van der Waals surface area (Å²) in [6.45, 7) is 8.76. The number of nitrogens with one attached hydrogen (secondary N) is 1. The summed E-state index contributed by atoms with van der Waals surface area (Å²) in [5.74, 6) is -1.49. The van der Waals surface area contributed by atoms with Gasteiger partial charge >= 0.3 is 5.97 Å². The van der Waals surface area contributed by atoms with Gasteiger partial charge in [0.1, 0.15) is 6.04 Å². The molecule has 1 amide bonds. The molecule has 17 heavy (non-hydrogen) atoms. The van der Waals surface area contributed by atoms with Crippen molar-refractivity contribution in [1.29, 1.82) is 0 Å². The van der Waals surface area contributed by atoms with Crippen molar-refractivity contribution in [2.24, 2.45) is 11.3 Å². The molecule has 0 radical (unpaired) electrons. The van der Waals surface area contributed by atoms with E-state index >= 15 is 0 Å². The van der Waals surface area contributed by atoms with E-state index in [9.17, 15) is 9.59 Å². The van der Waals surface area contributed by atoms with Gasteiger partial charge in [-0.05, 0) is 26.7 Å². The van der Waals surface area contributed by atoms with E-state index < -0.39 is 17.4 Å². The molecule has 0 saturated heterocycles. The molecule has 0 aliphatic carbocycles. The maximum atomic E-state index is 12.0. The van der Waals surface area contributed by atoms with Gasteiger partial charge in [0.2, 0.25) is 5.91 Å². The number of ether oxygens (including phenoxy) is 1. The lowest BCUT2D eigenvalue weighted by Crippen LogP contribution is -2.52. The third kappa shape index (κ3) is 4.00. The highest BCUT2D eigenvalue weighted by molar-refractivity contribution is 5.87. The third-order valence-electron chi connectivity index (χ3n) is 3.17. The number of rotatable bonds is 6. The molecular weight excluding hydrogens is 222 g/mol. The Kier molecular flexibility index (Phi) is 5.61. The standard InChI is InChI=1S/C12H23NO4/c1-7(2)9(10(14)15)13-11(16)12(4,5)8(3)17-6/h7-9H,1-6H3,(H,13,16)(H,14,15). The molecule has 0 spiro atoms. The lowest BCUT2D eigenvalue weighted by Gasteiger charge is -2.31. The Morgan fingerprint density at radius 1 is 1.24 bits per heavy atom. The highest BCUT2D eigenvalue weighted by atomic mass is 16.5. The number of carboxylic acid groups (broad SMARTS) is 1. The molecule has 0 saturated carbocycles. The molecule has 0 aromatic rings. The third-order valence-corrected chi connectivity index (χ3v) is 3.17. The zero-order valence-electron chi connectivity index (χ0n) is 11.4. The lowest BCUT2D eigenvalue weighted by atomic mass is 9.85. The minimum atomic E-state index is -1.02. The van der Waals surface area contributed by atoms with E-state index in [0.717, 1.165) is 0 Å². The van der Waals surface area contributed by atoms with Crippen LogP contribution in [0, 0.1) is 11.3 Å². The fraction of sp³-hybridized carbons (Fsp3) is 0.833. The van der Waals surface area contributed by atoms with Crippen LogP contribution in [0.1, 0.15) is 34.6 Å². The van der Waals surface area contributed by atoms with Crippen LogP contribution in [-0.4, -0.2) is 36.2 Å². The molecule has 0 rings (SSSR count). The van der Waals surface area contributed by atoms with Crippen LogP contribution in [0.3, 0.4) is 0 Å². The topological polar surface area (TPSA) is 75.6 Å². The van der Waals surface area contributed by atoms with E-state index in [1.807, 2.05) is 0 Å². The lowest BCUT2D eigenvalue weighted by molar-refractivity contribution is -0.147. The summed E-state index contributed by atoms with van der Waals surface area (Å²) >= 11 is 0. The van der Waals surface area contributed by atoms with Gasteiger partial charge in [0.05, 0.1) is 11.5 Å². The van der Waals surface area contributed by atoms with Gasteiger partial charge < -0.3 is 15.2 Å². The number of methoxy groups -OCH3 is 1. The predicted octanol–water partition coefficient (Wildman–Crippen LogP) is 1.27. The summed E-state index contributed by atoms with van der Waals surface area (Å²) in [5, 5.41) is 11.6. The minimum absolute atomic E-state index is 0.162. The summed E-state index contributed by atoms with van der Waals surface area (Å²) in [4.78, 5) is 23.0. The average molecular weight is 245 g/mol. The Morgan fingerprint density at radius 2 is 1.71 bits per heavy atom. The quantitative estimate of drug-likeness (QED) is 0.739. The number of hydrogen-bond acceptors (Lipinski definition) is 3. The number of carbonyl (C=O) groups is 2. The normalized spacial score (nSPS) is 15.5. The first-order chi connectivity index (χ1) is 7.64. The summed E-state index contributed by atoms with van der Waals surface area (Å²) in [5.41, 5.74) is -0.767. The van der Waals surface area contributed by atoms with Crippen molar-refractivity contribution in [2.45, 2.75) is 46.8 Å². The highest BCUT2D eigenvalue weighted by Crippen LogP contribution is 2.23. The second kappa shape index (κ2) is 6.00. The molecule has 0 aromatic heterocycles. The Labute approximate surface area is 103 Å². The van der Waals surface area contributed by atoms with Crippen LogP contribution in [0.4, 0.5) is 0 Å². The van der Waals surface area contributed by atoms with E-state index in [1.165, 1.54) is 7.11 Å². The Balaban J connectivity index is 4.78. The molecule has 2 N–H and O–H groups in total. The van der Waals surface area contributed by atoms with Gasteiger partial charge in [-0.3, -0.25) is 4.79 Å². The Hall–Kier alpha value is -1.10. The Bertz CT molecular complexity index is 286. The molecule has 5 heteroatoms. The van der Waals surface area contributed by atoms with Gasteiger partial charge in [0.15, 0.2) is 0 Å². The molecule has 0 aromatic carbocycles. The van der Waals surface area contributed by atoms with E-state index in [1.54, 1.807) is 34.6 Å². The first-order valence-corrected chi connectivity index (χ1v) is 5.71. The largest absolute Gasteiger partial charge is 0.480 e. The number of carbonyl (C=O) groups excluding carboxylic acids is 1. The van der Waals surface area contributed by atoms with Gasteiger partial charge in [-0.25, -0.2) is 4.79 Å². The first kappa shape index (κ1) is 15.9. The number of aliphatic carboxylic acids is 1. The number of carboxylic acids is 1. The van der Waals surface area contributed by atoms with E-state index in [-0.39, 0.29) is 17.9 Å². The zero-order valence-corrected chi connectivity index (χ0v) is 11.4. The Morgan fingerprint density at radius 3 is 2.00 bits per heavy atom. The SMILES string of the molecule is COC(C)C(C)(C)C(=O)NC(C(=O)O)C(C)C. The van der Waals surface area contributed by atoms with Crippen molar-refractivity contribution in [2.75, 3.05) is 7.11 Å². The van der Waals surface area contributed by atoms with Crippen LogP contribution in [0.25, 0.3) is 0 Å². The molecule has 100 valence electrons. The van der Waals surface area contributed by atoms with Crippen LogP contribution in [-0.2, 0) is 14.3 Å². The van der Waals surface area contributed by atoms with Crippen LogP contribution in [0.15, 0.2) is 0 Å². The van der Waals surface area contributed by atoms with Crippen molar-refractivity contribution >= 4 is 11.9 Å². The average Bonchev–Trinajstić information content (AvgIpc) is 2.22. The van der Waals surface area contributed by atoms with Crippen LogP contribution in [0.2, 0.25) is 0 Å². The molecule has 0 fully saturated rings. The van der Waals surface area contributed by atoms with Crippen molar-refractivity contribution < 1.29 is 19.4 Å². The number of hydrogen-bond donors (Lipinski definition) is 2. The summed E-state index contributed by atoms with van der Waals surface area (Å²) in [6.07, 6.45) is -0.288. The fourth-order valence-electron chi connectivity index (χ4n) is 1.32.